The molecule has 0 heterocycles. The third-order valence-electron chi connectivity index (χ3n) is 3.71. The number of amides is 1. The van der Waals surface area contributed by atoms with E-state index in [0.717, 1.165) is 0 Å². The van der Waals surface area contributed by atoms with Gasteiger partial charge < -0.3 is 10.4 Å². The first kappa shape index (κ1) is 15.5. The number of phenolic OH excluding ortho intramolecular Hbond substituents is 1. The number of carbonyl (C=O) groups excluding carboxylic acids is 1. The molecule has 3 rings (SSSR count). The molecule has 0 aliphatic carbocycles. The number of nitro benzene ring substituents is 1. The van der Waals surface area contributed by atoms with Crippen molar-refractivity contribution in [2.24, 2.45) is 0 Å². The molecule has 0 aliphatic rings. The lowest BCUT2D eigenvalue weighted by Crippen LogP contribution is -2.15. The number of hydrogen-bond donors (Lipinski definition) is 2. The lowest BCUT2D eigenvalue weighted by Gasteiger charge is -2.10. The second-order valence-corrected chi connectivity index (χ2v) is 5.29. The number of nitro groups is 1. The van der Waals surface area contributed by atoms with Crippen molar-refractivity contribution in [1.29, 1.82) is 0 Å². The second kappa shape index (κ2) is 6.37. The molecule has 24 heavy (non-hydrogen) atoms. The minimum Gasteiger partial charge on any atom is -0.507 e. The van der Waals surface area contributed by atoms with E-state index < -0.39 is 4.92 Å². The summed E-state index contributed by atoms with van der Waals surface area (Å²) < 4.78 is 0. The molecule has 0 aromatic heterocycles. The van der Waals surface area contributed by atoms with E-state index in [0.29, 0.717) is 22.0 Å². The molecule has 0 saturated heterocycles. The van der Waals surface area contributed by atoms with E-state index in [4.69, 9.17) is 0 Å². The zero-order valence-electron chi connectivity index (χ0n) is 12.6. The standard InChI is InChI=1S/C18H14N2O4/c21-17-10-4-6-13-14(17)7-3-8-15(13)19-18(22)11-12-5-1-2-9-16(12)20(23)24/h1-10,21H,11H2,(H,19,22). The smallest absolute Gasteiger partial charge is 0.273 e. The van der Waals surface area contributed by atoms with Gasteiger partial charge in [-0.05, 0) is 12.1 Å². The molecular formula is C18H14N2O4. The Morgan fingerprint density at radius 1 is 1.00 bits per heavy atom. The van der Waals surface area contributed by atoms with Crippen LogP contribution >= 0.6 is 0 Å². The molecule has 3 aromatic carbocycles. The predicted molar refractivity (Wildman–Crippen MR) is 91.0 cm³/mol. The molecule has 0 fully saturated rings. The summed E-state index contributed by atoms with van der Waals surface area (Å²) in [5.74, 6) is -0.234. The monoisotopic (exact) mass is 322 g/mol. The topological polar surface area (TPSA) is 92.5 Å². The SMILES string of the molecule is O=C(Cc1ccccc1[N+](=O)[O-])Nc1cccc2c(O)cccc12. The van der Waals surface area contributed by atoms with E-state index in [9.17, 15) is 20.0 Å². The molecule has 1 amide bonds. The molecule has 3 aromatic rings. The number of carbonyl (C=O) groups is 1. The third-order valence-corrected chi connectivity index (χ3v) is 3.71. The van der Waals surface area contributed by atoms with Crippen molar-refractivity contribution >= 4 is 28.1 Å². The van der Waals surface area contributed by atoms with Crippen molar-refractivity contribution in [1.82, 2.24) is 0 Å². The number of nitrogens with zero attached hydrogens (tertiary/aromatic N) is 1. The lowest BCUT2D eigenvalue weighted by molar-refractivity contribution is -0.385. The van der Waals surface area contributed by atoms with E-state index in [1.165, 1.54) is 6.07 Å². The van der Waals surface area contributed by atoms with E-state index in [2.05, 4.69) is 5.32 Å². The van der Waals surface area contributed by atoms with Crippen LogP contribution in [0.5, 0.6) is 5.75 Å². The van der Waals surface area contributed by atoms with Crippen molar-refractivity contribution in [3.8, 4) is 5.75 Å². The Balaban J connectivity index is 1.87. The van der Waals surface area contributed by atoms with Gasteiger partial charge in [-0.1, -0.05) is 42.5 Å². The van der Waals surface area contributed by atoms with Gasteiger partial charge in [-0.2, -0.15) is 0 Å². The number of para-hydroxylation sites is 1. The maximum atomic E-state index is 12.3. The molecule has 0 bridgehead atoms. The lowest BCUT2D eigenvalue weighted by atomic mass is 10.1. The van der Waals surface area contributed by atoms with Gasteiger partial charge in [-0.15, -0.1) is 0 Å². The Kier molecular flexibility index (Phi) is 4.11. The predicted octanol–water partition coefficient (Wildman–Crippen LogP) is 3.63. The minimum atomic E-state index is -0.501. The van der Waals surface area contributed by atoms with E-state index in [-0.39, 0.29) is 23.8 Å². The summed E-state index contributed by atoms with van der Waals surface area (Å²) in [6, 6.07) is 16.4. The normalized spacial score (nSPS) is 10.5. The van der Waals surface area contributed by atoms with Crippen LogP contribution in [0, 0.1) is 10.1 Å². The number of phenols is 1. The molecule has 0 spiro atoms. The maximum absolute atomic E-state index is 12.3. The van der Waals surface area contributed by atoms with Gasteiger partial charge in [0.1, 0.15) is 5.75 Å². The third kappa shape index (κ3) is 3.03. The highest BCUT2D eigenvalue weighted by Crippen LogP contribution is 2.30. The van der Waals surface area contributed by atoms with Crippen molar-refractivity contribution in [2.45, 2.75) is 6.42 Å². The summed E-state index contributed by atoms with van der Waals surface area (Å²) in [5.41, 5.74) is 0.818. The summed E-state index contributed by atoms with van der Waals surface area (Å²) in [4.78, 5) is 22.8. The van der Waals surface area contributed by atoms with Crippen LogP contribution < -0.4 is 5.32 Å². The molecule has 0 saturated carbocycles. The number of anilines is 1. The number of fused-ring (bicyclic) bond motifs is 1. The Labute approximate surface area is 137 Å². The van der Waals surface area contributed by atoms with Crippen LogP contribution in [-0.4, -0.2) is 15.9 Å². The average Bonchev–Trinajstić information content (AvgIpc) is 2.56. The van der Waals surface area contributed by atoms with Gasteiger partial charge in [0.2, 0.25) is 5.91 Å². The summed E-state index contributed by atoms with van der Waals surface area (Å²) >= 11 is 0. The highest BCUT2D eigenvalue weighted by atomic mass is 16.6. The van der Waals surface area contributed by atoms with Crippen molar-refractivity contribution in [3.05, 3.63) is 76.3 Å². The second-order valence-electron chi connectivity index (χ2n) is 5.29. The molecule has 0 unspecified atom stereocenters. The quantitative estimate of drug-likeness (QED) is 0.566. The van der Waals surface area contributed by atoms with Gasteiger partial charge >= 0.3 is 0 Å². The Morgan fingerprint density at radius 2 is 1.71 bits per heavy atom. The van der Waals surface area contributed by atoms with Gasteiger partial charge in [0, 0.05) is 28.1 Å². The molecule has 6 heteroatoms. The van der Waals surface area contributed by atoms with Crippen molar-refractivity contribution in [3.63, 3.8) is 0 Å². The molecular weight excluding hydrogens is 308 g/mol. The Hall–Kier alpha value is -3.41. The summed E-state index contributed by atoms with van der Waals surface area (Å²) in [5, 5.41) is 25.0. The average molecular weight is 322 g/mol. The molecule has 0 aliphatic heterocycles. The Morgan fingerprint density at radius 3 is 2.50 bits per heavy atom. The number of nitrogens with one attached hydrogen (secondary N) is 1. The van der Waals surface area contributed by atoms with Crippen LogP contribution in [0.3, 0.4) is 0 Å². The fourth-order valence-electron chi connectivity index (χ4n) is 2.61. The Bertz CT molecular complexity index is 937. The minimum absolute atomic E-state index is 0.0804. The number of hydrogen-bond acceptors (Lipinski definition) is 4. The van der Waals surface area contributed by atoms with Gasteiger partial charge in [0.15, 0.2) is 0 Å². The van der Waals surface area contributed by atoms with Gasteiger partial charge in [-0.25, -0.2) is 0 Å². The zero-order valence-corrected chi connectivity index (χ0v) is 12.6. The first-order valence-corrected chi connectivity index (χ1v) is 7.29. The first-order valence-electron chi connectivity index (χ1n) is 7.29. The van der Waals surface area contributed by atoms with Crippen LogP contribution in [0.25, 0.3) is 10.8 Å². The highest BCUT2D eigenvalue weighted by molar-refractivity contribution is 6.04. The fourth-order valence-corrected chi connectivity index (χ4v) is 2.61. The van der Waals surface area contributed by atoms with Crippen LogP contribution in [0.4, 0.5) is 11.4 Å². The first-order chi connectivity index (χ1) is 11.6. The maximum Gasteiger partial charge on any atom is 0.273 e. The largest absolute Gasteiger partial charge is 0.507 e. The van der Waals surface area contributed by atoms with Gasteiger partial charge in [0.25, 0.3) is 5.69 Å². The van der Waals surface area contributed by atoms with Crippen molar-refractivity contribution in [2.75, 3.05) is 5.32 Å². The zero-order chi connectivity index (χ0) is 17.1. The van der Waals surface area contributed by atoms with Gasteiger partial charge in [-0.3, -0.25) is 14.9 Å². The molecule has 120 valence electrons. The van der Waals surface area contributed by atoms with Crippen LogP contribution in [0.15, 0.2) is 60.7 Å². The number of rotatable bonds is 4. The molecule has 0 radical (unpaired) electrons. The number of benzene rings is 3. The van der Waals surface area contributed by atoms with E-state index >= 15 is 0 Å². The van der Waals surface area contributed by atoms with Crippen LogP contribution in [-0.2, 0) is 11.2 Å². The summed E-state index contributed by atoms with van der Waals surface area (Å²) in [7, 11) is 0. The fraction of sp³-hybridized carbons (Fsp3) is 0.0556. The van der Waals surface area contributed by atoms with Crippen LogP contribution in [0.2, 0.25) is 0 Å². The van der Waals surface area contributed by atoms with E-state index in [1.54, 1.807) is 54.6 Å². The van der Waals surface area contributed by atoms with Gasteiger partial charge in [0.05, 0.1) is 11.3 Å². The molecule has 0 atom stereocenters. The van der Waals surface area contributed by atoms with E-state index in [1.807, 2.05) is 0 Å². The molecule has 2 N–H and O–H groups in total. The van der Waals surface area contributed by atoms with Crippen LogP contribution in [0.1, 0.15) is 5.56 Å². The number of aromatic hydroxyl groups is 1. The summed E-state index contributed by atoms with van der Waals surface area (Å²) in [6.45, 7) is 0. The van der Waals surface area contributed by atoms with Crippen molar-refractivity contribution < 1.29 is 14.8 Å². The molecule has 6 nitrogen and oxygen atoms in total. The summed E-state index contributed by atoms with van der Waals surface area (Å²) in [6.07, 6.45) is -0.105. The highest BCUT2D eigenvalue weighted by Gasteiger charge is 2.16.